The van der Waals surface area contributed by atoms with Gasteiger partial charge in [-0.2, -0.15) is 0 Å². The molecule has 3 aromatic rings. The number of aromatic nitrogens is 1. The van der Waals surface area contributed by atoms with Gasteiger partial charge in [0.2, 0.25) is 0 Å². The van der Waals surface area contributed by atoms with E-state index in [1.807, 2.05) is 17.0 Å². The van der Waals surface area contributed by atoms with Crippen molar-refractivity contribution in [3.05, 3.63) is 93.2 Å². The van der Waals surface area contributed by atoms with Crippen LogP contribution in [0.5, 0.6) is 5.75 Å². The van der Waals surface area contributed by atoms with E-state index >= 15 is 0 Å². The number of piperidine rings is 1. The molecule has 1 saturated heterocycles. The number of rotatable bonds is 2. The topological polar surface area (TPSA) is 54.8 Å². The summed E-state index contributed by atoms with van der Waals surface area (Å²) in [5, 5.41) is 3.05. The Morgan fingerprint density at radius 2 is 1.91 bits per heavy atom. The fourth-order valence-electron chi connectivity index (χ4n) is 5.49. The van der Waals surface area contributed by atoms with E-state index < -0.39 is 0 Å². The van der Waals surface area contributed by atoms with Gasteiger partial charge in [0, 0.05) is 0 Å². The Kier molecular flexibility index (Phi) is 5.23. The van der Waals surface area contributed by atoms with Crippen LogP contribution in [0.3, 0.4) is 0 Å². The number of halogens is 1. The predicted molar refractivity (Wildman–Crippen MR) is 128 cm³/mol. The third-order valence-electron chi connectivity index (χ3n) is 6.99. The number of fused-ring (bicyclic) bond motifs is 4. The molecule has 174 valence electrons. The van der Waals surface area contributed by atoms with Crippen molar-refractivity contribution in [3.8, 4) is 5.75 Å². The van der Waals surface area contributed by atoms with E-state index in [9.17, 15) is 14.0 Å². The molecule has 0 spiro atoms. The van der Waals surface area contributed by atoms with E-state index in [1.165, 1.54) is 23.7 Å². The molecule has 34 heavy (non-hydrogen) atoms. The molecule has 2 aromatic carbocycles. The summed E-state index contributed by atoms with van der Waals surface area (Å²) in [6, 6.07) is 14.5. The number of nitrogens with zero attached hydrogens (tertiary/aromatic N) is 3. The molecular weight excluding hydrogens is 500 g/mol. The van der Waals surface area contributed by atoms with Gasteiger partial charge in [-0.15, -0.1) is 0 Å². The van der Waals surface area contributed by atoms with Crippen LogP contribution in [0, 0.1) is 5.82 Å². The zero-order valence-corrected chi connectivity index (χ0v) is 20.5. The maximum absolute atomic E-state index is 14.7. The number of pyridine rings is 1. The van der Waals surface area contributed by atoms with Crippen molar-refractivity contribution in [3.63, 3.8) is 0 Å². The molecule has 0 bridgehead atoms. The molecule has 0 aliphatic carbocycles. The summed E-state index contributed by atoms with van der Waals surface area (Å²) in [6.45, 7) is 0.612. The first-order valence-corrected chi connectivity index (χ1v) is 13.5. The number of benzene rings is 2. The minimum absolute atomic E-state index is 0.0483. The first kappa shape index (κ1) is 21.4. The molecular formula is C26H24FN3O3Se. The van der Waals surface area contributed by atoms with Crippen LogP contribution in [0.1, 0.15) is 52.5 Å². The summed E-state index contributed by atoms with van der Waals surface area (Å²) in [5.74, 6) is -0.421. The Balaban J connectivity index is 1.67. The van der Waals surface area contributed by atoms with E-state index in [-0.39, 0.29) is 55.8 Å². The van der Waals surface area contributed by atoms with Crippen LogP contribution < -0.4 is 19.6 Å². The van der Waals surface area contributed by atoms with E-state index in [0.717, 1.165) is 41.3 Å². The molecule has 8 heteroatoms. The third kappa shape index (κ3) is 3.20. The second-order valence-corrected chi connectivity index (χ2v) is 11.0. The molecule has 6 nitrogen and oxygen atoms in total. The number of hydrogen-bond donors (Lipinski definition) is 0. The standard InChI is InChI=1S/C26H24FN3O3Se/c1-33-25-20(31)11-13-29-24(25)26(32)28-12-5-4-8-22(28)30(29)23-18-6-2-3-7-21(18)34-15-16-9-10-17(27)14-19(16)23/h2-3,6-7,9-11,13-14,22-23H,4-5,8,12,15H2,1H3/t22-,23-/m1/s1. The van der Waals surface area contributed by atoms with E-state index in [4.69, 9.17) is 4.74 Å². The average Bonchev–Trinajstić information content (AvgIpc) is 3.01. The summed E-state index contributed by atoms with van der Waals surface area (Å²) in [7, 11) is 1.42. The van der Waals surface area contributed by atoms with Crippen molar-refractivity contribution in [2.45, 2.75) is 36.8 Å². The SMILES string of the molecule is COc1c2n(ccc1=O)N([C@H]1c3cc(F)ccc3C[Se]c3ccccc31)[C@@H]1CCCCN1C2=O. The summed E-state index contributed by atoms with van der Waals surface area (Å²) >= 11 is 0.194. The molecule has 6 rings (SSSR count). The third-order valence-corrected chi connectivity index (χ3v) is 9.38. The zero-order chi connectivity index (χ0) is 23.4. The van der Waals surface area contributed by atoms with Crippen molar-refractivity contribution in [1.29, 1.82) is 0 Å². The molecule has 4 heterocycles. The normalized spacial score (nSPS) is 21.2. The second kappa shape index (κ2) is 8.29. The van der Waals surface area contributed by atoms with Gasteiger partial charge in [0.05, 0.1) is 0 Å². The van der Waals surface area contributed by atoms with Crippen LogP contribution in [-0.2, 0) is 5.32 Å². The Morgan fingerprint density at radius 1 is 1.06 bits per heavy atom. The average molecular weight is 524 g/mol. The predicted octanol–water partition coefficient (Wildman–Crippen LogP) is 2.53. The van der Waals surface area contributed by atoms with Crippen molar-refractivity contribution in [2.24, 2.45) is 0 Å². The number of amides is 1. The number of carbonyl (C=O) groups excluding carboxylic acids is 1. The van der Waals surface area contributed by atoms with Crippen LogP contribution in [0.25, 0.3) is 0 Å². The maximum atomic E-state index is 14.7. The van der Waals surface area contributed by atoms with Gasteiger partial charge in [-0.3, -0.25) is 0 Å². The van der Waals surface area contributed by atoms with Gasteiger partial charge in [0.25, 0.3) is 0 Å². The van der Waals surface area contributed by atoms with E-state index in [0.29, 0.717) is 6.54 Å². The number of carbonyl (C=O) groups is 1. The molecule has 1 amide bonds. The zero-order valence-electron chi connectivity index (χ0n) is 18.7. The van der Waals surface area contributed by atoms with Gasteiger partial charge < -0.3 is 0 Å². The molecule has 0 radical (unpaired) electrons. The molecule has 0 unspecified atom stereocenters. The Hall–Kier alpha value is -3.09. The van der Waals surface area contributed by atoms with E-state index in [2.05, 4.69) is 23.2 Å². The molecule has 2 atom stereocenters. The minimum atomic E-state index is -0.325. The summed E-state index contributed by atoms with van der Waals surface area (Å²) in [6.07, 6.45) is 4.16. The van der Waals surface area contributed by atoms with Gasteiger partial charge in [0.15, 0.2) is 0 Å². The Bertz CT molecular complexity index is 1360. The molecule has 3 aliphatic rings. The van der Waals surface area contributed by atoms with Crippen molar-refractivity contribution >= 4 is 25.3 Å². The number of hydrogen-bond acceptors (Lipinski definition) is 4. The summed E-state index contributed by atoms with van der Waals surface area (Å²) < 4.78 is 23.2. The van der Waals surface area contributed by atoms with Crippen LogP contribution >= 0.6 is 0 Å². The molecule has 0 N–H and O–H groups in total. The van der Waals surface area contributed by atoms with Gasteiger partial charge in [-0.1, -0.05) is 0 Å². The fraction of sp³-hybridized carbons (Fsp3) is 0.308. The molecule has 0 saturated carbocycles. The van der Waals surface area contributed by atoms with Crippen LogP contribution in [0.4, 0.5) is 4.39 Å². The Morgan fingerprint density at radius 3 is 2.76 bits per heavy atom. The quantitative estimate of drug-likeness (QED) is 0.484. The van der Waals surface area contributed by atoms with Crippen molar-refractivity contribution in [1.82, 2.24) is 9.58 Å². The summed E-state index contributed by atoms with van der Waals surface area (Å²) in [4.78, 5) is 28.1. The van der Waals surface area contributed by atoms with Gasteiger partial charge in [-0.05, 0) is 0 Å². The van der Waals surface area contributed by atoms with Crippen LogP contribution in [-0.4, -0.2) is 50.3 Å². The number of methoxy groups -OCH3 is 1. The van der Waals surface area contributed by atoms with Crippen LogP contribution in [0.2, 0.25) is 0 Å². The molecule has 1 aromatic heterocycles. The van der Waals surface area contributed by atoms with Gasteiger partial charge in [0.1, 0.15) is 0 Å². The first-order valence-electron chi connectivity index (χ1n) is 11.5. The van der Waals surface area contributed by atoms with Gasteiger partial charge >= 0.3 is 203 Å². The fourth-order valence-corrected chi connectivity index (χ4v) is 7.79. The van der Waals surface area contributed by atoms with Crippen molar-refractivity contribution in [2.75, 3.05) is 18.7 Å². The second-order valence-electron chi connectivity index (χ2n) is 8.83. The van der Waals surface area contributed by atoms with E-state index in [1.54, 1.807) is 16.9 Å². The molecule has 3 aliphatic heterocycles. The molecule has 1 fully saturated rings. The van der Waals surface area contributed by atoms with Gasteiger partial charge in [-0.25, -0.2) is 0 Å². The summed E-state index contributed by atoms with van der Waals surface area (Å²) in [5.41, 5.74) is 3.06. The van der Waals surface area contributed by atoms with Crippen LogP contribution in [0.15, 0.2) is 59.5 Å². The Labute approximate surface area is 203 Å². The van der Waals surface area contributed by atoms with Crippen molar-refractivity contribution < 1.29 is 13.9 Å². The first-order chi connectivity index (χ1) is 16.6. The monoisotopic (exact) mass is 525 g/mol. The number of ether oxygens (including phenoxy) is 1.